The molecule has 4 rings (SSSR count). The Kier molecular flexibility index (Phi) is 4.29. The van der Waals surface area contributed by atoms with Crippen LogP contribution in [0.25, 0.3) is 11.0 Å². The van der Waals surface area contributed by atoms with Gasteiger partial charge in [0, 0.05) is 48.7 Å². The monoisotopic (exact) mass is 373 g/mol. The second-order valence-corrected chi connectivity index (χ2v) is 7.51. The van der Waals surface area contributed by atoms with Crippen LogP contribution in [0.15, 0.2) is 35.5 Å². The molecule has 0 amide bonds. The highest BCUT2D eigenvalue weighted by molar-refractivity contribution is 7.90. The van der Waals surface area contributed by atoms with Gasteiger partial charge in [0.25, 0.3) is 0 Å². The summed E-state index contributed by atoms with van der Waals surface area (Å²) >= 11 is -1.33. The number of aromatic amines is 1. The van der Waals surface area contributed by atoms with Gasteiger partial charge < -0.3 is 23.7 Å². The van der Waals surface area contributed by atoms with E-state index in [-0.39, 0.29) is 6.79 Å². The molecule has 1 unspecified atom stereocenters. The zero-order valence-electron chi connectivity index (χ0n) is 14.7. The molecule has 1 N–H and O–H groups in total. The molecule has 0 bridgehead atoms. The predicted octanol–water partition coefficient (Wildman–Crippen LogP) is 2.67. The third kappa shape index (κ3) is 3.02. The summed E-state index contributed by atoms with van der Waals surface area (Å²) in [5, 5.41) is 0.427. The number of methoxy groups -OCH3 is 1. The summed E-state index contributed by atoms with van der Waals surface area (Å²) in [5.74, 6) is 2.39. The minimum absolute atomic E-state index is 0.212. The molecule has 7 nitrogen and oxygen atoms in total. The Balaban J connectivity index is 1.64. The van der Waals surface area contributed by atoms with E-state index in [9.17, 15) is 4.55 Å². The number of ether oxygens (including phenoxy) is 3. The number of hydrogen-bond acceptors (Lipinski definition) is 6. The number of aromatic nitrogens is 2. The van der Waals surface area contributed by atoms with E-state index in [1.165, 1.54) is 0 Å². The summed E-state index contributed by atoms with van der Waals surface area (Å²) in [5.41, 5.74) is 3.41. The van der Waals surface area contributed by atoms with Gasteiger partial charge in [0.1, 0.15) is 11.5 Å². The summed E-state index contributed by atoms with van der Waals surface area (Å²) in [6, 6.07) is 9.38. The van der Waals surface area contributed by atoms with E-state index in [0.717, 1.165) is 22.5 Å². The minimum Gasteiger partial charge on any atom is -0.609 e. The Morgan fingerprint density at radius 3 is 2.73 bits per heavy atom. The molecule has 0 saturated carbocycles. The number of nitrogens with zero attached hydrogens (tertiary/aromatic N) is 2. The largest absolute Gasteiger partial charge is 0.609 e. The van der Waals surface area contributed by atoms with E-state index in [4.69, 9.17) is 14.2 Å². The maximum atomic E-state index is 12.9. The lowest BCUT2D eigenvalue weighted by Gasteiger charge is -2.18. The summed E-state index contributed by atoms with van der Waals surface area (Å²) in [7, 11) is 5.53. The van der Waals surface area contributed by atoms with Crippen molar-refractivity contribution in [1.29, 1.82) is 0 Å². The van der Waals surface area contributed by atoms with Gasteiger partial charge in [-0.15, -0.1) is 0 Å². The number of H-pyrrole nitrogens is 1. The summed E-state index contributed by atoms with van der Waals surface area (Å²) in [6.07, 6.45) is 0. The van der Waals surface area contributed by atoms with E-state index < -0.39 is 11.2 Å². The molecule has 1 atom stereocenters. The van der Waals surface area contributed by atoms with Crippen molar-refractivity contribution >= 4 is 27.9 Å². The lowest BCUT2D eigenvalue weighted by molar-refractivity contribution is 0.174. The first kappa shape index (κ1) is 16.9. The van der Waals surface area contributed by atoms with Gasteiger partial charge in [0.15, 0.2) is 11.5 Å². The van der Waals surface area contributed by atoms with Crippen molar-refractivity contribution in [3.8, 4) is 17.2 Å². The van der Waals surface area contributed by atoms with Crippen molar-refractivity contribution in [2.24, 2.45) is 0 Å². The molecule has 0 radical (unpaired) electrons. The number of benzene rings is 2. The van der Waals surface area contributed by atoms with Crippen LogP contribution in [0.5, 0.6) is 17.2 Å². The highest BCUT2D eigenvalue weighted by atomic mass is 32.2. The molecule has 3 aromatic rings. The molecule has 0 spiro atoms. The molecule has 1 aliphatic rings. The van der Waals surface area contributed by atoms with Gasteiger partial charge in [-0.25, -0.2) is 0 Å². The molecule has 8 heteroatoms. The van der Waals surface area contributed by atoms with E-state index in [0.29, 0.717) is 27.9 Å². The van der Waals surface area contributed by atoms with Crippen LogP contribution in [0.1, 0.15) is 5.56 Å². The van der Waals surface area contributed by atoms with Crippen LogP contribution in [0.4, 0.5) is 5.69 Å². The number of anilines is 1. The summed E-state index contributed by atoms with van der Waals surface area (Å²) < 4.78 is 29.0. The molecular weight excluding hydrogens is 354 g/mol. The molecule has 0 fully saturated rings. The maximum absolute atomic E-state index is 12.9. The quantitative estimate of drug-likeness (QED) is 0.693. The normalized spacial score (nSPS) is 13.8. The van der Waals surface area contributed by atoms with E-state index in [2.05, 4.69) is 9.97 Å². The Labute approximate surface area is 154 Å². The van der Waals surface area contributed by atoms with Crippen LogP contribution in [0.2, 0.25) is 0 Å². The smallest absolute Gasteiger partial charge is 0.321 e. The molecular formula is C18H19N3O4S. The fourth-order valence-corrected chi connectivity index (χ4v) is 4.01. The lowest BCUT2D eigenvalue weighted by atomic mass is 10.2. The number of hydrogen-bond donors (Lipinski definition) is 1. The van der Waals surface area contributed by atoms with Crippen molar-refractivity contribution in [3.05, 3.63) is 35.9 Å². The third-order valence-corrected chi connectivity index (χ3v) is 5.42. The van der Waals surface area contributed by atoms with Gasteiger partial charge in [-0.3, -0.25) is 4.98 Å². The molecule has 1 aromatic heterocycles. The van der Waals surface area contributed by atoms with Crippen LogP contribution in [0.3, 0.4) is 0 Å². The number of nitrogens with one attached hydrogen (secondary N) is 1. The Hall–Kier alpha value is -2.58. The van der Waals surface area contributed by atoms with Gasteiger partial charge in [-0.2, -0.15) is 4.98 Å². The van der Waals surface area contributed by atoms with Crippen molar-refractivity contribution in [3.63, 3.8) is 0 Å². The Bertz CT molecular complexity index is 916. The molecule has 0 saturated heterocycles. The van der Waals surface area contributed by atoms with Crippen molar-refractivity contribution in [1.82, 2.24) is 9.97 Å². The zero-order chi connectivity index (χ0) is 18.3. The third-order valence-electron chi connectivity index (χ3n) is 4.23. The average molecular weight is 373 g/mol. The molecule has 0 aliphatic carbocycles. The molecule has 2 heterocycles. The molecule has 136 valence electrons. The Morgan fingerprint density at radius 1 is 1.23 bits per heavy atom. The van der Waals surface area contributed by atoms with Crippen molar-refractivity contribution in [2.45, 2.75) is 10.9 Å². The van der Waals surface area contributed by atoms with E-state index in [1.807, 2.05) is 43.3 Å². The standard InChI is InChI=1S/C18H19N3O4S/c1-21(2)15-5-4-12(23-3)6-11(15)9-26(22)18-19-13-7-16-17(25-10-24-16)8-14(13)20-18/h4-8H,9-10H2,1-3H3,(H,19,20). The molecule has 2 aromatic carbocycles. The fraction of sp³-hybridized carbons (Fsp3) is 0.278. The highest BCUT2D eigenvalue weighted by Crippen LogP contribution is 2.36. The van der Waals surface area contributed by atoms with Crippen LogP contribution < -0.4 is 19.1 Å². The maximum Gasteiger partial charge on any atom is 0.321 e. The van der Waals surface area contributed by atoms with Crippen LogP contribution in [0, 0.1) is 0 Å². The van der Waals surface area contributed by atoms with Gasteiger partial charge in [-0.1, -0.05) is 0 Å². The first-order valence-corrected chi connectivity index (χ1v) is 9.39. The molecule has 1 aliphatic heterocycles. The number of rotatable bonds is 5. The van der Waals surface area contributed by atoms with Gasteiger partial charge in [-0.05, 0) is 18.2 Å². The lowest BCUT2D eigenvalue weighted by Crippen LogP contribution is -2.14. The van der Waals surface area contributed by atoms with E-state index >= 15 is 0 Å². The van der Waals surface area contributed by atoms with Gasteiger partial charge >= 0.3 is 5.16 Å². The average Bonchev–Trinajstić information content (AvgIpc) is 3.24. The molecule has 26 heavy (non-hydrogen) atoms. The zero-order valence-corrected chi connectivity index (χ0v) is 15.6. The van der Waals surface area contributed by atoms with Crippen LogP contribution in [-0.2, 0) is 16.9 Å². The predicted molar refractivity (Wildman–Crippen MR) is 99.7 cm³/mol. The number of imidazole rings is 1. The SMILES string of the molecule is COc1ccc(N(C)C)c(C[S+]([O-])c2nc3cc4c(cc3[nH]2)OCO4)c1. The van der Waals surface area contributed by atoms with Crippen LogP contribution in [-0.4, -0.2) is 42.5 Å². The number of fused-ring (bicyclic) bond motifs is 2. The van der Waals surface area contributed by atoms with Crippen LogP contribution >= 0.6 is 0 Å². The highest BCUT2D eigenvalue weighted by Gasteiger charge is 2.22. The fourth-order valence-electron chi connectivity index (χ4n) is 2.93. The first-order chi connectivity index (χ1) is 12.5. The van der Waals surface area contributed by atoms with E-state index in [1.54, 1.807) is 13.2 Å². The minimum atomic E-state index is -1.33. The summed E-state index contributed by atoms with van der Waals surface area (Å²) in [6.45, 7) is 0.212. The van der Waals surface area contributed by atoms with Crippen molar-refractivity contribution in [2.75, 3.05) is 32.9 Å². The topological polar surface area (TPSA) is 82.7 Å². The second-order valence-electron chi connectivity index (χ2n) is 6.14. The summed E-state index contributed by atoms with van der Waals surface area (Å²) in [4.78, 5) is 9.59. The first-order valence-electron chi connectivity index (χ1n) is 8.07. The van der Waals surface area contributed by atoms with Crippen molar-refractivity contribution < 1.29 is 18.8 Å². The Morgan fingerprint density at radius 2 is 2.00 bits per heavy atom. The second kappa shape index (κ2) is 6.62. The van der Waals surface area contributed by atoms with Gasteiger partial charge in [0.05, 0.1) is 18.1 Å². The van der Waals surface area contributed by atoms with Gasteiger partial charge in [0.2, 0.25) is 6.79 Å².